The van der Waals surface area contributed by atoms with Gasteiger partial charge in [-0.15, -0.1) is 5.10 Å². The number of sulfonamides is 1. The van der Waals surface area contributed by atoms with Gasteiger partial charge < -0.3 is 19.3 Å². The van der Waals surface area contributed by atoms with Gasteiger partial charge in [0.25, 0.3) is 0 Å². The summed E-state index contributed by atoms with van der Waals surface area (Å²) in [6.07, 6.45) is 2.10. The highest BCUT2D eigenvalue weighted by molar-refractivity contribution is 7.89. The lowest BCUT2D eigenvalue weighted by Gasteiger charge is -2.35. The number of rotatable bonds is 6. The molecule has 190 valence electrons. The summed E-state index contributed by atoms with van der Waals surface area (Å²) >= 11 is 0. The van der Waals surface area contributed by atoms with Crippen molar-refractivity contribution < 1.29 is 27.6 Å². The van der Waals surface area contributed by atoms with Crippen LogP contribution in [0.5, 0.6) is 0 Å². The Morgan fingerprint density at radius 3 is 2.74 bits per heavy atom. The summed E-state index contributed by atoms with van der Waals surface area (Å²) in [4.78, 5) is 14.6. The second-order valence-corrected chi connectivity index (χ2v) is 10.9. The zero-order valence-electron chi connectivity index (χ0n) is 20.3. The number of aliphatic hydroxyl groups excluding tert-OH is 1. The van der Waals surface area contributed by atoms with Crippen molar-refractivity contribution in [3.8, 4) is 0 Å². The normalized spacial score (nSPS) is 21.7. The minimum atomic E-state index is -3.88. The van der Waals surface area contributed by atoms with Gasteiger partial charge in [0.05, 0.1) is 31.6 Å². The van der Waals surface area contributed by atoms with Gasteiger partial charge in [-0.1, -0.05) is 17.3 Å². The van der Waals surface area contributed by atoms with Crippen LogP contribution in [-0.2, 0) is 32.7 Å². The van der Waals surface area contributed by atoms with E-state index < -0.39 is 16.1 Å². The van der Waals surface area contributed by atoms with Crippen molar-refractivity contribution in [3.63, 3.8) is 0 Å². The third kappa shape index (κ3) is 5.82. The van der Waals surface area contributed by atoms with E-state index in [1.54, 1.807) is 36.5 Å². The van der Waals surface area contributed by atoms with Crippen LogP contribution in [0.3, 0.4) is 0 Å². The van der Waals surface area contributed by atoms with Gasteiger partial charge in [-0.3, -0.25) is 9.48 Å². The smallest absolute Gasteiger partial charge is 0.248 e. The minimum absolute atomic E-state index is 0.0389. The standard InChI is InChI=1S/C21H34N6O6S/c1-14-9-27(15(2)12-28)20(29)7-6-8-26-10-18(22-24-26)13-32-19(14)11-25(5)34(30,31)21-16(3)23-33-17(21)4/h10,14-15,19,28H,6-9,11-13H2,1-5H3/t14-,15-,19+/m1/s1. The van der Waals surface area contributed by atoms with E-state index in [1.807, 2.05) is 6.92 Å². The Morgan fingerprint density at radius 2 is 2.09 bits per heavy atom. The molecule has 0 spiro atoms. The van der Waals surface area contributed by atoms with Crippen LogP contribution >= 0.6 is 0 Å². The summed E-state index contributed by atoms with van der Waals surface area (Å²) < 4.78 is 40.6. The van der Waals surface area contributed by atoms with Gasteiger partial charge in [0.2, 0.25) is 15.9 Å². The van der Waals surface area contributed by atoms with E-state index in [2.05, 4.69) is 15.5 Å². The zero-order chi connectivity index (χ0) is 25.0. The molecular weight excluding hydrogens is 464 g/mol. The second-order valence-electron chi connectivity index (χ2n) is 8.92. The number of carbonyl (C=O) groups is 1. The predicted molar refractivity (Wildman–Crippen MR) is 121 cm³/mol. The molecule has 1 aliphatic heterocycles. The molecule has 12 nitrogen and oxygen atoms in total. The molecule has 13 heteroatoms. The van der Waals surface area contributed by atoms with Gasteiger partial charge >= 0.3 is 0 Å². The molecule has 0 radical (unpaired) electrons. The second kappa shape index (κ2) is 10.9. The summed E-state index contributed by atoms with van der Waals surface area (Å²) in [5, 5.41) is 21.7. The van der Waals surface area contributed by atoms with Crippen LogP contribution in [0.1, 0.15) is 43.8 Å². The lowest BCUT2D eigenvalue weighted by Crippen LogP contribution is -2.47. The largest absolute Gasteiger partial charge is 0.394 e. The van der Waals surface area contributed by atoms with Gasteiger partial charge in [0, 0.05) is 39.0 Å². The lowest BCUT2D eigenvalue weighted by atomic mass is 10.0. The quantitative estimate of drug-likeness (QED) is 0.609. The number of aromatic nitrogens is 4. The van der Waals surface area contributed by atoms with E-state index in [0.29, 0.717) is 37.3 Å². The first kappa shape index (κ1) is 26.3. The molecule has 0 saturated heterocycles. The van der Waals surface area contributed by atoms with E-state index in [9.17, 15) is 18.3 Å². The molecule has 0 saturated carbocycles. The highest BCUT2D eigenvalue weighted by Gasteiger charge is 2.33. The number of aryl methyl sites for hydroxylation is 3. The summed E-state index contributed by atoms with van der Waals surface area (Å²) in [6, 6.07) is -0.373. The van der Waals surface area contributed by atoms with Crippen LogP contribution in [0, 0.1) is 19.8 Å². The van der Waals surface area contributed by atoms with E-state index in [-0.39, 0.29) is 48.3 Å². The number of carbonyl (C=O) groups excluding carboxylic acids is 1. The van der Waals surface area contributed by atoms with Gasteiger partial charge in [-0.25, -0.2) is 8.42 Å². The van der Waals surface area contributed by atoms with Crippen LogP contribution in [0.15, 0.2) is 15.6 Å². The maximum absolute atomic E-state index is 13.3. The molecule has 3 atom stereocenters. The first-order chi connectivity index (χ1) is 16.0. The number of nitrogens with zero attached hydrogens (tertiary/aromatic N) is 6. The molecule has 3 heterocycles. The van der Waals surface area contributed by atoms with Crippen molar-refractivity contribution in [2.75, 3.05) is 26.7 Å². The Labute approximate surface area is 199 Å². The Bertz CT molecular complexity index is 1060. The van der Waals surface area contributed by atoms with E-state index in [1.165, 1.54) is 11.4 Å². The Kier molecular flexibility index (Phi) is 8.44. The molecule has 0 unspecified atom stereocenters. The highest BCUT2D eigenvalue weighted by atomic mass is 32.2. The minimum Gasteiger partial charge on any atom is -0.394 e. The number of amides is 1. The molecule has 0 fully saturated rings. The number of likely N-dealkylation sites (N-methyl/N-ethyl adjacent to an activating group) is 1. The molecule has 0 aromatic carbocycles. The molecule has 1 amide bonds. The maximum Gasteiger partial charge on any atom is 0.248 e. The van der Waals surface area contributed by atoms with Crippen molar-refractivity contribution in [1.82, 2.24) is 29.4 Å². The summed E-state index contributed by atoms with van der Waals surface area (Å²) in [5.41, 5.74) is 0.915. The van der Waals surface area contributed by atoms with Gasteiger partial charge in [0.1, 0.15) is 16.3 Å². The Balaban J connectivity index is 1.88. The number of aliphatic hydroxyl groups is 1. The number of ether oxygens (including phenoxy) is 1. The fraction of sp³-hybridized carbons (Fsp3) is 0.714. The van der Waals surface area contributed by atoms with Gasteiger partial charge in [-0.2, -0.15) is 4.31 Å². The molecule has 1 aliphatic rings. The van der Waals surface area contributed by atoms with Crippen LogP contribution in [0.25, 0.3) is 0 Å². The van der Waals surface area contributed by atoms with E-state index in [4.69, 9.17) is 9.26 Å². The molecular formula is C21H34N6O6S. The topological polar surface area (TPSA) is 144 Å². The van der Waals surface area contributed by atoms with Crippen molar-refractivity contribution >= 4 is 15.9 Å². The van der Waals surface area contributed by atoms with Crippen molar-refractivity contribution in [2.45, 2.75) is 70.7 Å². The van der Waals surface area contributed by atoms with Gasteiger partial charge in [0.15, 0.2) is 5.76 Å². The average molecular weight is 499 g/mol. The number of hydrogen-bond donors (Lipinski definition) is 1. The Hall–Kier alpha value is -2.35. The monoisotopic (exact) mass is 498 g/mol. The molecule has 0 aliphatic carbocycles. The maximum atomic E-state index is 13.3. The SMILES string of the molecule is Cc1noc(C)c1S(=O)(=O)N(C)C[C@@H]1OCc2cn(nn2)CCCC(=O)N([C@H](C)CO)C[C@H]1C. The third-order valence-corrected chi connectivity index (χ3v) is 8.19. The van der Waals surface area contributed by atoms with Crippen molar-refractivity contribution in [2.24, 2.45) is 5.92 Å². The lowest BCUT2D eigenvalue weighted by molar-refractivity contribution is -0.136. The van der Waals surface area contributed by atoms with E-state index >= 15 is 0 Å². The van der Waals surface area contributed by atoms with Gasteiger partial charge in [-0.05, 0) is 27.2 Å². The van der Waals surface area contributed by atoms with Crippen LogP contribution in [-0.4, -0.2) is 87.7 Å². The third-order valence-electron chi connectivity index (χ3n) is 6.12. The molecule has 2 aromatic heterocycles. The Morgan fingerprint density at radius 1 is 1.35 bits per heavy atom. The molecule has 34 heavy (non-hydrogen) atoms. The van der Waals surface area contributed by atoms with E-state index in [0.717, 1.165) is 0 Å². The zero-order valence-corrected chi connectivity index (χ0v) is 21.2. The summed E-state index contributed by atoms with van der Waals surface area (Å²) in [5.74, 6) is -0.0992. The fourth-order valence-corrected chi connectivity index (χ4v) is 5.51. The average Bonchev–Trinajstić information content (AvgIpc) is 3.39. The molecule has 2 aromatic rings. The fourth-order valence-electron chi connectivity index (χ4n) is 4.04. The summed E-state index contributed by atoms with van der Waals surface area (Å²) in [6.45, 7) is 7.70. The molecule has 2 bridgehead atoms. The first-order valence-electron chi connectivity index (χ1n) is 11.3. The van der Waals surface area contributed by atoms with Crippen LogP contribution < -0.4 is 0 Å². The predicted octanol–water partition coefficient (Wildman–Crippen LogP) is 0.728. The highest BCUT2D eigenvalue weighted by Crippen LogP contribution is 2.24. The van der Waals surface area contributed by atoms with Crippen LogP contribution in [0.4, 0.5) is 0 Å². The van der Waals surface area contributed by atoms with Crippen LogP contribution in [0.2, 0.25) is 0 Å². The summed E-state index contributed by atoms with van der Waals surface area (Å²) in [7, 11) is -2.40. The molecule has 1 N–H and O–H groups in total. The number of fused-ring (bicyclic) bond motifs is 2. The van der Waals surface area contributed by atoms with Crippen molar-refractivity contribution in [3.05, 3.63) is 23.3 Å². The molecule has 3 rings (SSSR count). The first-order valence-corrected chi connectivity index (χ1v) is 12.8. The van der Waals surface area contributed by atoms with Crippen molar-refractivity contribution in [1.29, 1.82) is 0 Å². The number of hydrogen-bond acceptors (Lipinski definition) is 9.